The van der Waals surface area contributed by atoms with E-state index in [2.05, 4.69) is 15.9 Å². The van der Waals surface area contributed by atoms with E-state index in [1.807, 2.05) is 18.0 Å². The van der Waals surface area contributed by atoms with Crippen LogP contribution >= 0.6 is 15.9 Å². The van der Waals surface area contributed by atoms with Crippen LogP contribution in [0, 0.1) is 0 Å². The molecule has 0 spiro atoms. The molecule has 14 heavy (non-hydrogen) atoms. The summed E-state index contributed by atoms with van der Waals surface area (Å²) in [4.78, 5) is 12.4. The molecule has 0 unspecified atom stereocenters. The van der Waals surface area contributed by atoms with Crippen molar-refractivity contribution in [1.82, 2.24) is 0 Å². The fraction of sp³-hybridized carbons (Fsp3) is 0.300. The Morgan fingerprint density at radius 1 is 1.57 bits per heavy atom. The first-order valence-electron chi connectivity index (χ1n) is 4.25. The summed E-state index contributed by atoms with van der Waals surface area (Å²) in [7, 11) is 1.89. The SMILES string of the molecule is CN(CCO)c1ccc(C=O)cc1Br. The number of aliphatic hydroxyl groups excluding tert-OH is 1. The number of carbonyl (C=O) groups excluding carboxylic acids is 1. The van der Waals surface area contributed by atoms with E-state index in [4.69, 9.17) is 5.11 Å². The number of benzene rings is 1. The van der Waals surface area contributed by atoms with Gasteiger partial charge in [-0.25, -0.2) is 0 Å². The first kappa shape index (κ1) is 11.2. The van der Waals surface area contributed by atoms with Crippen molar-refractivity contribution in [2.24, 2.45) is 0 Å². The van der Waals surface area contributed by atoms with Gasteiger partial charge in [0, 0.05) is 23.6 Å². The highest BCUT2D eigenvalue weighted by Gasteiger charge is 2.05. The van der Waals surface area contributed by atoms with Crippen molar-refractivity contribution in [1.29, 1.82) is 0 Å². The Kier molecular flexibility index (Phi) is 4.10. The Hall–Kier alpha value is -0.870. The van der Waals surface area contributed by atoms with E-state index in [9.17, 15) is 4.79 Å². The summed E-state index contributed by atoms with van der Waals surface area (Å²) < 4.78 is 0.859. The van der Waals surface area contributed by atoms with Crippen molar-refractivity contribution in [2.75, 3.05) is 25.1 Å². The van der Waals surface area contributed by atoms with E-state index in [1.165, 1.54) is 0 Å². The van der Waals surface area contributed by atoms with Crippen LogP contribution in [0.5, 0.6) is 0 Å². The Morgan fingerprint density at radius 2 is 2.29 bits per heavy atom. The molecule has 0 radical (unpaired) electrons. The second-order valence-electron chi connectivity index (χ2n) is 2.97. The number of aliphatic hydroxyl groups is 1. The summed E-state index contributed by atoms with van der Waals surface area (Å²) in [5, 5.41) is 8.78. The van der Waals surface area contributed by atoms with E-state index in [-0.39, 0.29) is 6.61 Å². The van der Waals surface area contributed by atoms with Gasteiger partial charge in [-0.05, 0) is 34.1 Å². The molecule has 0 fully saturated rings. The number of hydrogen-bond acceptors (Lipinski definition) is 3. The van der Waals surface area contributed by atoms with Crippen LogP contribution in [0.1, 0.15) is 10.4 Å². The minimum atomic E-state index is 0.109. The van der Waals surface area contributed by atoms with Crippen molar-refractivity contribution in [3.05, 3.63) is 28.2 Å². The van der Waals surface area contributed by atoms with E-state index in [0.717, 1.165) is 16.4 Å². The molecule has 0 atom stereocenters. The Morgan fingerprint density at radius 3 is 2.79 bits per heavy atom. The number of likely N-dealkylation sites (N-methyl/N-ethyl adjacent to an activating group) is 1. The van der Waals surface area contributed by atoms with Crippen molar-refractivity contribution in [3.8, 4) is 0 Å². The molecule has 0 aromatic heterocycles. The van der Waals surface area contributed by atoms with E-state index in [1.54, 1.807) is 12.1 Å². The number of hydrogen-bond donors (Lipinski definition) is 1. The lowest BCUT2D eigenvalue weighted by Gasteiger charge is -2.19. The Labute approximate surface area is 91.5 Å². The van der Waals surface area contributed by atoms with Gasteiger partial charge in [0.05, 0.1) is 12.3 Å². The average molecular weight is 258 g/mol. The highest BCUT2D eigenvalue weighted by atomic mass is 79.9. The summed E-state index contributed by atoms with van der Waals surface area (Å²) in [6.45, 7) is 0.678. The zero-order valence-corrected chi connectivity index (χ0v) is 9.49. The van der Waals surface area contributed by atoms with Crippen molar-refractivity contribution < 1.29 is 9.90 Å². The van der Waals surface area contributed by atoms with E-state index < -0.39 is 0 Å². The molecule has 1 aromatic rings. The third kappa shape index (κ3) is 2.56. The molecule has 0 bridgehead atoms. The minimum Gasteiger partial charge on any atom is -0.395 e. The maximum atomic E-state index is 10.5. The van der Waals surface area contributed by atoms with Crippen LogP contribution in [0.25, 0.3) is 0 Å². The molecule has 3 nitrogen and oxygen atoms in total. The molecule has 0 saturated heterocycles. The Balaban J connectivity index is 2.93. The number of carbonyl (C=O) groups is 1. The normalized spacial score (nSPS) is 9.93. The van der Waals surface area contributed by atoms with Crippen molar-refractivity contribution in [2.45, 2.75) is 0 Å². The molecule has 1 rings (SSSR count). The smallest absolute Gasteiger partial charge is 0.150 e. The van der Waals surface area contributed by atoms with Gasteiger partial charge in [0.15, 0.2) is 0 Å². The van der Waals surface area contributed by atoms with Crippen molar-refractivity contribution in [3.63, 3.8) is 0 Å². The topological polar surface area (TPSA) is 40.5 Å². The van der Waals surface area contributed by atoms with Gasteiger partial charge in [-0.15, -0.1) is 0 Å². The van der Waals surface area contributed by atoms with Crippen LogP contribution in [-0.4, -0.2) is 31.6 Å². The fourth-order valence-corrected chi connectivity index (χ4v) is 1.88. The summed E-state index contributed by atoms with van der Waals surface area (Å²) >= 11 is 3.38. The van der Waals surface area contributed by atoms with E-state index in [0.29, 0.717) is 12.1 Å². The van der Waals surface area contributed by atoms with Gasteiger partial charge in [0.1, 0.15) is 6.29 Å². The molecule has 1 N–H and O–H groups in total. The molecule has 0 amide bonds. The average Bonchev–Trinajstić information content (AvgIpc) is 2.17. The lowest BCUT2D eigenvalue weighted by atomic mass is 10.2. The summed E-state index contributed by atoms with van der Waals surface area (Å²) in [6.07, 6.45) is 0.806. The molecular formula is C10H12BrNO2. The first-order chi connectivity index (χ1) is 6.69. The van der Waals surface area contributed by atoms with Gasteiger partial charge in [-0.2, -0.15) is 0 Å². The van der Waals surface area contributed by atoms with Gasteiger partial charge in [0.25, 0.3) is 0 Å². The van der Waals surface area contributed by atoms with E-state index >= 15 is 0 Å². The predicted molar refractivity (Wildman–Crippen MR) is 59.9 cm³/mol. The van der Waals surface area contributed by atoms with Crippen LogP contribution in [0.4, 0.5) is 5.69 Å². The van der Waals surface area contributed by atoms with Crippen LogP contribution < -0.4 is 4.90 Å². The standard InChI is InChI=1S/C10H12BrNO2/c1-12(4-5-13)10-3-2-8(7-14)6-9(10)11/h2-3,6-7,13H,4-5H2,1H3. The molecule has 0 aliphatic rings. The molecule has 1 aromatic carbocycles. The largest absolute Gasteiger partial charge is 0.395 e. The molecular weight excluding hydrogens is 246 g/mol. The number of nitrogens with zero attached hydrogens (tertiary/aromatic N) is 1. The van der Waals surface area contributed by atoms with Gasteiger partial charge in [0.2, 0.25) is 0 Å². The number of rotatable bonds is 4. The highest BCUT2D eigenvalue weighted by molar-refractivity contribution is 9.10. The quantitative estimate of drug-likeness (QED) is 0.835. The molecule has 0 saturated carbocycles. The summed E-state index contributed by atoms with van der Waals surface area (Å²) in [6, 6.07) is 5.36. The van der Waals surface area contributed by atoms with Gasteiger partial charge in [-0.3, -0.25) is 4.79 Å². The van der Waals surface area contributed by atoms with Crippen LogP contribution in [0.2, 0.25) is 0 Å². The molecule has 0 aliphatic carbocycles. The lowest BCUT2D eigenvalue weighted by molar-refractivity contribution is 0.112. The maximum Gasteiger partial charge on any atom is 0.150 e. The first-order valence-corrected chi connectivity index (χ1v) is 5.05. The number of halogens is 1. The van der Waals surface area contributed by atoms with Crippen LogP contribution in [0.3, 0.4) is 0 Å². The molecule has 76 valence electrons. The summed E-state index contributed by atoms with van der Waals surface area (Å²) in [5.74, 6) is 0. The summed E-state index contributed by atoms with van der Waals surface area (Å²) in [5.41, 5.74) is 1.60. The second kappa shape index (κ2) is 5.12. The van der Waals surface area contributed by atoms with Crippen LogP contribution in [0.15, 0.2) is 22.7 Å². The number of anilines is 1. The number of aldehydes is 1. The van der Waals surface area contributed by atoms with Gasteiger partial charge < -0.3 is 10.0 Å². The highest BCUT2D eigenvalue weighted by Crippen LogP contribution is 2.25. The van der Waals surface area contributed by atoms with Gasteiger partial charge in [-0.1, -0.05) is 0 Å². The van der Waals surface area contributed by atoms with Gasteiger partial charge >= 0.3 is 0 Å². The lowest BCUT2D eigenvalue weighted by Crippen LogP contribution is -2.21. The minimum absolute atomic E-state index is 0.109. The van der Waals surface area contributed by atoms with Crippen LogP contribution in [-0.2, 0) is 0 Å². The maximum absolute atomic E-state index is 10.5. The van der Waals surface area contributed by atoms with Crippen molar-refractivity contribution >= 4 is 27.9 Å². The fourth-order valence-electron chi connectivity index (χ4n) is 1.18. The molecule has 4 heteroatoms. The zero-order valence-electron chi connectivity index (χ0n) is 7.90. The third-order valence-electron chi connectivity index (χ3n) is 1.95. The molecule has 0 aliphatic heterocycles. The molecule has 0 heterocycles. The zero-order chi connectivity index (χ0) is 10.6. The monoisotopic (exact) mass is 257 g/mol. The predicted octanol–water partition coefficient (Wildman–Crippen LogP) is 1.69. The Bertz CT molecular complexity index is 328. The third-order valence-corrected chi connectivity index (χ3v) is 2.59. The second-order valence-corrected chi connectivity index (χ2v) is 3.83.